The lowest BCUT2D eigenvalue weighted by atomic mass is 10.3. The number of benzene rings is 1. The number of aliphatic hydroxyl groups excluding tert-OH is 1. The lowest BCUT2D eigenvalue weighted by molar-refractivity contribution is -0.384. The molecule has 0 aliphatic carbocycles. The van der Waals surface area contributed by atoms with Crippen LogP contribution in [0.2, 0.25) is 0 Å². The standard InChI is InChI=1S/C18H21N3O5/c22-15(13-25-17-3-1-2-14(10-17)21(23)24)11-20-9-6-18(12-20)26-16-4-7-19-8-5-16/h1-5,7-8,10,15,18,22H,6,9,11-13H2/t15-,18-/m1/s1. The summed E-state index contributed by atoms with van der Waals surface area (Å²) < 4.78 is 11.4. The maximum atomic E-state index is 10.8. The van der Waals surface area contributed by atoms with Gasteiger partial charge in [0.1, 0.15) is 30.3 Å². The van der Waals surface area contributed by atoms with Gasteiger partial charge in [-0.25, -0.2) is 0 Å². The molecule has 8 heteroatoms. The number of likely N-dealkylation sites (tertiary alicyclic amines) is 1. The zero-order valence-corrected chi connectivity index (χ0v) is 14.2. The second kappa shape index (κ2) is 8.59. The molecule has 3 rings (SSSR count). The fourth-order valence-electron chi connectivity index (χ4n) is 2.90. The Labute approximate surface area is 151 Å². The Kier molecular flexibility index (Phi) is 5.98. The van der Waals surface area contributed by atoms with Gasteiger partial charge in [0.05, 0.1) is 11.0 Å². The first-order chi connectivity index (χ1) is 12.6. The van der Waals surface area contributed by atoms with Crippen LogP contribution in [0.1, 0.15) is 6.42 Å². The maximum Gasteiger partial charge on any atom is 0.273 e. The fourth-order valence-corrected chi connectivity index (χ4v) is 2.90. The molecule has 1 saturated heterocycles. The van der Waals surface area contributed by atoms with E-state index in [1.807, 2.05) is 12.1 Å². The molecular weight excluding hydrogens is 338 g/mol. The maximum absolute atomic E-state index is 10.8. The van der Waals surface area contributed by atoms with Gasteiger partial charge in [-0.2, -0.15) is 0 Å². The second-order valence-corrected chi connectivity index (χ2v) is 6.19. The molecule has 1 aliphatic rings. The van der Waals surface area contributed by atoms with Crippen molar-refractivity contribution >= 4 is 5.69 Å². The topological polar surface area (TPSA) is 98.0 Å². The SMILES string of the molecule is O=[N+]([O-])c1cccc(OC[C@H](O)CN2CC[C@@H](Oc3ccncc3)C2)c1. The minimum absolute atomic E-state index is 0.0346. The number of nitro groups is 1. The molecular formula is C18H21N3O5. The van der Waals surface area contributed by atoms with Gasteiger partial charge in [0.25, 0.3) is 5.69 Å². The number of β-amino-alcohol motifs (C(OH)–C–C–N with tert-alkyl or cyclic N) is 1. The zero-order chi connectivity index (χ0) is 18.4. The number of ether oxygens (including phenoxy) is 2. The van der Waals surface area contributed by atoms with Gasteiger partial charge in [-0.15, -0.1) is 0 Å². The molecule has 1 aromatic heterocycles. The van der Waals surface area contributed by atoms with Crippen molar-refractivity contribution in [3.8, 4) is 11.5 Å². The highest BCUT2D eigenvalue weighted by Gasteiger charge is 2.25. The molecule has 0 radical (unpaired) electrons. The second-order valence-electron chi connectivity index (χ2n) is 6.19. The van der Waals surface area contributed by atoms with Crippen molar-refractivity contribution in [2.45, 2.75) is 18.6 Å². The summed E-state index contributed by atoms with van der Waals surface area (Å²) in [5.74, 6) is 1.17. The van der Waals surface area contributed by atoms with Crippen LogP contribution in [0.5, 0.6) is 11.5 Å². The van der Waals surface area contributed by atoms with Crippen molar-refractivity contribution in [3.63, 3.8) is 0 Å². The summed E-state index contributed by atoms with van der Waals surface area (Å²) in [6.07, 6.45) is 3.67. The lowest BCUT2D eigenvalue weighted by Crippen LogP contribution is -2.35. The first-order valence-corrected chi connectivity index (χ1v) is 8.44. The first-order valence-electron chi connectivity index (χ1n) is 8.44. The van der Waals surface area contributed by atoms with Crippen molar-refractivity contribution in [1.29, 1.82) is 0 Å². The number of hydrogen-bond acceptors (Lipinski definition) is 7. The number of hydrogen-bond donors (Lipinski definition) is 1. The molecule has 1 aliphatic heterocycles. The quantitative estimate of drug-likeness (QED) is 0.567. The number of pyridine rings is 1. The van der Waals surface area contributed by atoms with Gasteiger partial charge in [-0.3, -0.25) is 20.0 Å². The highest BCUT2D eigenvalue weighted by Crippen LogP contribution is 2.20. The van der Waals surface area contributed by atoms with Gasteiger partial charge < -0.3 is 14.6 Å². The third-order valence-corrected chi connectivity index (χ3v) is 4.12. The molecule has 0 bridgehead atoms. The summed E-state index contributed by atoms with van der Waals surface area (Å²) in [6.45, 7) is 2.11. The van der Waals surface area contributed by atoms with E-state index < -0.39 is 11.0 Å². The molecule has 0 amide bonds. The molecule has 8 nitrogen and oxygen atoms in total. The van der Waals surface area contributed by atoms with Gasteiger partial charge in [0.15, 0.2) is 0 Å². The van der Waals surface area contributed by atoms with E-state index >= 15 is 0 Å². The number of non-ortho nitro benzene ring substituents is 1. The van der Waals surface area contributed by atoms with Gasteiger partial charge in [0.2, 0.25) is 0 Å². The van der Waals surface area contributed by atoms with Crippen molar-refractivity contribution in [1.82, 2.24) is 9.88 Å². The van der Waals surface area contributed by atoms with Crippen LogP contribution in [0.25, 0.3) is 0 Å². The van der Waals surface area contributed by atoms with Gasteiger partial charge in [0, 0.05) is 38.1 Å². The van der Waals surface area contributed by atoms with Crippen LogP contribution in [0.15, 0.2) is 48.8 Å². The predicted molar refractivity (Wildman–Crippen MR) is 94.3 cm³/mol. The van der Waals surface area contributed by atoms with Crippen LogP contribution >= 0.6 is 0 Å². The first kappa shape index (κ1) is 18.1. The third-order valence-electron chi connectivity index (χ3n) is 4.12. The number of nitro benzene ring substituents is 1. The molecule has 26 heavy (non-hydrogen) atoms. The Morgan fingerprint density at radius 1 is 1.31 bits per heavy atom. The minimum atomic E-state index is -0.686. The van der Waals surface area contributed by atoms with Crippen LogP contribution in [0.4, 0.5) is 5.69 Å². The number of aromatic nitrogens is 1. The fraction of sp³-hybridized carbons (Fsp3) is 0.389. The molecule has 0 saturated carbocycles. The molecule has 138 valence electrons. The zero-order valence-electron chi connectivity index (χ0n) is 14.2. The highest BCUT2D eigenvalue weighted by molar-refractivity contribution is 5.37. The Hall–Kier alpha value is -2.71. The van der Waals surface area contributed by atoms with Crippen molar-refractivity contribution < 1.29 is 19.5 Å². The van der Waals surface area contributed by atoms with Gasteiger partial charge in [-0.05, 0) is 24.6 Å². The Morgan fingerprint density at radius 3 is 2.88 bits per heavy atom. The third kappa shape index (κ3) is 5.14. The van der Waals surface area contributed by atoms with Crippen LogP contribution in [0, 0.1) is 10.1 Å². The molecule has 2 aromatic rings. The molecule has 1 N–H and O–H groups in total. The predicted octanol–water partition coefficient (Wildman–Crippen LogP) is 1.88. The summed E-state index contributed by atoms with van der Waals surface area (Å²) in [7, 11) is 0. The average molecular weight is 359 g/mol. The van der Waals surface area contributed by atoms with Crippen molar-refractivity contribution in [2.75, 3.05) is 26.2 Å². The minimum Gasteiger partial charge on any atom is -0.491 e. The summed E-state index contributed by atoms with van der Waals surface area (Å²) in [5, 5.41) is 20.9. The van der Waals surface area contributed by atoms with E-state index in [2.05, 4.69) is 9.88 Å². The van der Waals surface area contributed by atoms with E-state index in [1.54, 1.807) is 24.5 Å². The van der Waals surface area contributed by atoms with Crippen LogP contribution in [0.3, 0.4) is 0 Å². The van der Waals surface area contributed by atoms with Crippen LogP contribution < -0.4 is 9.47 Å². The largest absolute Gasteiger partial charge is 0.491 e. The van der Waals surface area contributed by atoms with Gasteiger partial charge >= 0.3 is 0 Å². The van der Waals surface area contributed by atoms with E-state index in [4.69, 9.17) is 9.47 Å². The molecule has 1 fully saturated rings. The molecule has 2 heterocycles. The molecule has 1 aromatic carbocycles. The monoisotopic (exact) mass is 359 g/mol. The van der Waals surface area contributed by atoms with E-state index in [-0.39, 0.29) is 18.4 Å². The summed E-state index contributed by atoms with van der Waals surface area (Å²) in [4.78, 5) is 16.4. The van der Waals surface area contributed by atoms with Crippen LogP contribution in [-0.2, 0) is 0 Å². The summed E-state index contributed by atoms with van der Waals surface area (Å²) >= 11 is 0. The lowest BCUT2D eigenvalue weighted by Gasteiger charge is -2.20. The summed E-state index contributed by atoms with van der Waals surface area (Å²) in [5.41, 5.74) is -0.0346. The van der Waals surface area contributed by atoms with E-state index in [9.17, 15) is 15.2 Å². The molecule has 0 unspecified atom stereocenters. The van der Waals surface area contributed by atoms with E-state index in [0.717, 1.165) is 25.3 Å². The normalized spacial score (nSPS) is 18.4. The van der Waals surface area contributed by atoms with Crippen molar-refractivity contribution in [2.24, 2.45) is 0 Å². The van der Waals surface area contributed by atoms with E-state index in [0.29, 0.717) is 12.3 Å². The summed E-state index contributed by atoms with van der Waals surface area (Å²) in [6, 6.07) is 9.59. The Balaban J connectivity index is 1.42. The molecule has 0 spiro atoms. The highest BCUT2D eigenvalue weighted by atomic mass is 16.6. The number of aliphatic hydroxyl groups is 1. The average Bonchev–Trinajstić information content (AvgIpc) is 3.08. The Morgan fingerprint density at radius 2 is 2.12 bits per heavy atom. The number of nitrogens with zero attached hydrogens (tertiary/aromatic N) is 3. The van der Waals surface area contributed by atoms with Crippen molar-refractivity contribution in [3.05, 3.63) is 58.9 Å². The number of rotatable bonds is 8. The van der Waals surface area contributed by atoms with Crippen LogP contribution in [-0.4, -0.2) is 58.4 Å². The van der Waals surface area contributed by atoms with E-state index in [1.165, 1.54) is 12.1 Å². The smallest absolute Gasteiger partial charge is 0.273 e. The molecule has 2 atom stereocenters. The van der Waals surface area contributed by atoms with Gasteiger partial charge in [-0.1, -0.05) is 6.07 Å². The Bertz CT molecular complexity index is 728.